The maximum atomic E-state index is 13.5. The van der Waals surface area contributed by atoms with Crippen LogP contribution >= 0.6 is 0 Å². The molecule has 3 aromatic rings. The van der Waals surface area contributed by atoms with Gasteiger partial charge >= 0.3 is 11.8 Å². The minimum Gasteiger partial charge on any atom is -0.307 e. The molecule has 2 aliphatic heterocycles. The van der Waals surface area contributed by atoms with Crippen LogP contribution in [0.3, 0.4) is 0 Å². The monoisotopic (exact) mass is 454 g/mol. The highest BCUT2D eigenvalue weighted by molar-refractivity contribution is 6.21. The summed E-state index contributed by atoms with van der Waals surface area (Å²) in [6, 6.07) is 23.3. The number of fused-ring (bicyclic) bond motifs is 2. The molecule has 2 aliphatic rings. The Morgan fingerprint density at radius 1 is 0.618 bits per heavy atom. The quantitative estimate of drug-likeness (QED) is 0.322. The van der Waals surface area contributed by atoms with Crippen LogP contribution in [0.25, 0.3) is 0 Å². The number of nitrogens with zero attached hydrogens (tertiary/aromatic N) is 2. The Morgan fingerprint density at radius 2 is 1.12 bits per heavy atom. The molecule has 0 saturated heterocycles. The summed E-state index contributed by atoms with van der Waals surface area (Å²) < 4.78 is -0.450. The maximum Gasteiger partial charge on any atom is 0.354 e. The molecule has 1 N–H and O–H groups in total. The number of nitrogens with one attached hydrogen (secondary N) is 1. The average molecular weight is 455 g/mol. The molecular formula is C27H24N3O4+. The first-order valence-electron chi connectivity index (χ1n) is 11.3. The van der Waals surface area contributed by atoms with Crippen LogP contribution in [0.15, 0.2) is 78.9 Å². The Morgan fingerprint density at radius 3 is 1.68 bits per heavy atom. The van der Waals surface area contributed by atoms with Gasteiger partial charge in [-0.3, -0.25) is 14.5 Å². The standard InChI is InChI=1S/C27H24N3O4/c31-24-20-10-4-5-11-21(20)25(32)29(24)15-17-30(16-14-28-18-19-8-2-1-3-9-19)26(33)22-12-6-7-13-23(22)27(30)34/h1-13,28H,14-18H2/q+1. The van der Waals surface area contributed by atoms with E-state index in [1.807, 2.05) is 30.3 Å². The first kappa shape index (κ1) is 21.9. The van der Waals surface area contributed by atoms with Gasteiger partial charge in [-0.25, -0.2) is 9.59 Å². The van der Waals surface area contributed by atoms with Crippen LogP contribution in [0.1, 0.15) is 47.0 Å². The van der Waals surface area contributed by atoms with Crippen molar-refractivity contribution in [3.8, 4) is 0 Å². The second kappa shape index (κ2) is 8.78. The largest absolute Gasteiger partial charge is 0.354 e. The Labute approximate surface area is 197 Å². The lowest BCUT2D eigenvalue weighted by atomic mass is 10.1. The van der Waals surface area contributed by atoms with Crippen molar-refractivity contribution < 1.29 is 23.7 Å². The summed E-state index contributed by atoms with van der Waals surface area (Å²) in [7, 11) is 0. The third-order valence-electron chi connectivity index (χ3n) is 6.59. The van der Waals surface area contributed by atoms with Crippen LogP contribution in [0.4, 0.5) is 0 Å². The van der Waals surface area contributed by atoms with Crippen LogP contribution in [0, 0.1) is 0 Å². The number of quaternary nitrogens is 1. The van der Waals surface area contributed by atoms with Crippen LogP contribution in [-0.2, 0) is 6.54 Å². The molecule has 0 saturated carbocycles. The number of hydrogen-bond acceptors (Lipinski definition) is 5. The highest BCUT2D eigenvalue weighted by atomic mass is 16.2. The number of carbonyl (C=O) groups is 4. The molecule has 7 nitrogen and oxygen atoms in total. The number of benzene rings is 3. The molecule has 0 radical (unpaired) electrons. The van der Waals surface area contributed by atoms with Crippen molar-refractivity contribution in [3.63, 3.8) is 0 Å². The van der Waals surface area contributed by atoms with Gasteiger partial charge in [-0.1, -0.05) is 54.6 Å². The number of carbonyl (C=O) groups excluding carboxylic acids is 4. The normalized spacial score (nSPS) is 16.2. The smallest absolute Gasteiger partial charge is 0.307 e. The molecule has 3 aromatic carbocycles. The van der Waals surface area contributed by atoms with Crippen molar-refractivity contribution in [1.29, 1.82) is 0 Å². The Balaban J connectivity index is 1.36. The van der Waals surface area contributed by atoms with E-state index in [2.05, 4.69) is 5.32 Å². The lowest BCUT2D eigenvalue weighted by molar-refractivity contribution is -0.761. The number of amides is 4. The molecule has 4 amide bonds. The van der Waals surface area contributed by atoms with E-state index in [9.17, 15) is 19.2 Å². The van der Waals surface area contributed by atoms with E-state index in [0.29, 0.717) is 35.3 Å². The Kier molecular flexibility index (Phi) is 5.65. The molecule has 0 aliphatic carbocycles. The van der Waals surface area contributed by atoms with E-state index in [1.54, 1.807) is 48.5 Å². The molecule has 0 fully saturated rings. The second-order valence-electron chi connectivity index (χ2n) is 8.54. The van der Waals surface area contributed by atoms with Crippen LogP contribution < -0.4 is 5.32 Å². The topological polar surface area (TPSA) is 83.6 Å². The molecule has 0 spiro atoms. The molecule has 170 valence electrons. The van der Waals surface area contributed by atoms with E-state index in [0.717, 1.165) is 10.5 Å². The average Bonchev–Trinajstić information content (AvgIpc) is 3.24. The molecule has 2 heterocycles. The van der Waals surface area contributed by atoms with Crippen molar-refractivity contribution in [2.75, 3.05) is 26.2 Å². The van der Waals surface area contributed by atoms with Gasteiger partial charge in [0.05, 0.1) is 28.8 Å². The van der Waals surface area contributed by atoms with Crippen molar-refractivity contribution >= 4 is 23.6 Å². The minimum absolute atomic E-state index is 0.0174. The summed E-state index contributed by atoms with van der Waals surface area (Å²) in [5.74, 6) is -1.37. The molecule has 0 bridgehead atoms. The maximum absolute atomic E-state index is 13.5. The van der Waals surface area contributed by atoms with E-state index >= 15 is 0 Å². The molecule has 7 heteroatoms. The van der Waals surface area contributed by atoms with Gasteiger partial charge in [0.25, 0.3) is 11.8 Å². The van der Waals surface area contributed by atoms with Gasteiger partial charge in [0.2, 0.25) is 0 Å². The SMILES string of the molecule is O=C1c2ccccc2C(=O)N1CC[N+]1(CCNCc2ccccc2)C(=O)c2ccccc2C1=O. The molecule has 0 aromatic heterocycles. The van der Waals surface area contributed by atoms with E-state index < -0.39 is 16.3 Å². The first-order chi connectivity index (χ1) is 16.5. The van der Waals surface area contributed by atoms with Crippen molar-refractivity contribution in [2.24, 2.45) is 0 Å². The zero-order valence-corrected chi connectivity index (χ0v) is 18.6. The predicted octanol–water partition coefficient (Wildman–Crippen LogP) is 2.88. The fourth-order valence-electron chi connectivity index (χ4n) is 4.74. The Hall–Kier alpha value is -3.94. The second-order valence-corrected chi connectivity index (χ2v) is 8.54. The third-order valence-corrected chi connectivity index (χ3v) is 6.59. The van der Waals surface area contributed by atoms with Crippen molar-refractivity contribution in [1.82, 2.24) is 10.2 Å². The number of imide groups is 2. The van der Waals surface area contributed by atoms with Crippen molar-refractivity contribution in [2.45, 2.75) is 6.54 Å². The van der Waals surface area contributed by atoms with Crippen molar-refractivity contribution in [3.05, 3.63) is 107 Å². The molecule has 5 rings (SSSR count). The zero-order valence-electron chi connectivity index (χ0n) is 18.6. The van der Waals surface area contributed by atoms with Crippen LogP contribution in [0.5, 0.6) is 0 Å². The summed E-state index contributed by atoms with van der Waals surface area (Å²) in [4.78, 5) is 53.8. The summed E-state index contributed by atoms with van der Waals surface area (Å²) in [6.07, 6.45) is 0. The molecule has 0 unspecified atom stereocenters. The lowest BCUT2D eigenvalue weighted by Gasteiger charge is -2.30. The highest BCUT2D eigenvalue weighted by Crippen LogP contribution is 2.31. The van der Waals surface area contributed by atoms with E-state index in [1.165, 1.54) is 0 Å². The zero-order chi connectivity index (χ0) is 23.7. The van der Waals surface area contributed by atoms with Gasteiger partial charge in [-0.05, 0) is 29.8 Å². The van der Waals surface area contributed by atoms with E-state index in [4.69, 9.17) is 0 Å². The van der Waals surface area contributed by atoms with Gasteiger partial charge in [-0.15, -0.1) is 0 Å². The summed E-state index contributed by atoms with van der Waals surface area (Å²) in [6.45, 7) is 1.26. The summed E-state index contributed by atoms with van der Waals surface area (Å²) >= 11 is 0. The molecule has 34 heavy (non-hydrogen) atoms. The number of rotatable bonds is 8. The number of hydrogen-bond donors (Lipinski definition) is 1. The fraction of sp³-hybridized carbons (Fsp3) is 0.185. The van der Waals surface area contributed by atoms with E-state index in [-0.39, 0.29) is 31.4 Å². The molecular weight excluding hydrogens is 430 g/mol. The van der Waals surface area contributed by atoms with Gasteiger partial charge in [0.15, 0.2) is 0 Å². The summed E-state index contributed by atoms with van der Waals surface area (Å²) in [5.41, 5.74) is 2.58. The van der Waals surface area contributed by atoms with Gasteiger partial charge in [-0.2, -0.15) is 4.48 Å². The Bertz CT molecular complexity index is 1230. The van der Waals surface area contributed by atoms with Crippen LogP contribution in [0.2, 0.25) is 0 Å². The van der Waals surface area contributed by atoms with Gasteiger partial charge in [0, 0.05) is 13.1 Å². The fourth-order valence-corrected chi connectivity index (χ4v) is 4.74. The van der Waals surface area contributed by atoms with Gasteiger partial charge in [0.1, 0.15) is 13.1 Å². The highest BCUT2D eigenvalue weighted by Gasteiger charge is 2.53. The third kappa shape index (κ3) is 3.55. The summed E-state index contributed by atoms with van der Waals surface area (Å²) in [5, 5.41) is 3.31. The molecule has 0 atom stereocenters. The predicted molar refractivity (Wildman–Crippen MR) is 125 cm³/mol. The lowest BCUT2D eigenvalue weighted by Crippen LogP contribution is -2.58. The van der Waals surface area contributed by atoms with Crippen LogP contribution in [-0.4, -0.2) is 59.2 Å². The van der Waals surface area contributed by atoms with Gasteiger partial charge < -0.3 is 5.32 Å². The first-order valence-corrected chi connectivity index (χ1v) is 11.3. The minimum atomic E-state index is -0.450.